The Morgan fingerprint density at radius 3 is 2.27 bits per heavy atom. The summed E-state index contributed by atoms with van der Waals surface area (Å²) >= 11 is 0. The molecule has 15 heteroatoms. The minimum atomic E-state index is -4.97. The van der Waals surface area contributed by atoms with Crippen molar-refractivity contribution in [1.82, 2.24) is 14.7 Å². The number of alkyl halides is 3. The third-order valence-electron chi connectivity index (χ3n) is 5.37. The number of halogens is 3. The van der Waals surface area contributed by atoms with E-state index < -0.39 is 65.2 Å². The van der Waals surface area contributed by atoms with Crippen LogP contribution < -0.4 is 10.2 Å². The van der Waals surface area contributed by atoms with Crippen molar-refractivity contribution in [3.8, 4) is 11.5 Å². The molecule has 0 fully saturated rings. The van der Waals surface area contributed by atoms with E-state index in [4.69, 9.17) is 9.94 Å². The first-order valence-corrected chi connectivity index (χ1v) is 12.0. The van der Waals surface area contributed by atoms with E-state index in [1.165, 1.54) is 29.7 Å². The van der Waals surface area contributed by atoms with Crippen LogP contribution in [0.1, 0.15) is 12.8 Å². The van der Waals surface area contributed by atoms with E-state index in [-0.39, 0.29) is 4.90 Å². The molecule has 0 saturated carbocycles. The van der Waals surface area contributed by atoms with Crippen molar-refractivity contribution in [2.24, 2.45) is 4.99 Å². The largest absolute Gasteiger partial charge is 0.457 e. The van der Waals surface area contributed by atoms with E-state index in [0.29, 0.717) is 20.7 Å². The summed E-state index contributed by atoms with van der Waals surface area (Å²) in [4.78, 5) is 39.4. The molecule has 37 heavy (non-hydrogen) atoms. The molecule has 1 unspecified atom stereocenters. The highest BCUT2D eigenvalue weighted by atomic mass is 32.2. The molecule has 2 aromatic carbocycles. The average molecular weight is 542 g/mol. The number of amides is 4. The van der Waals surface area contributed by atoms with E-state index >= 15 is 0 Å². The highest BCUT2D eigenvalue weighted by molar-refractivity contribution is 7.89. The van der Waals surface area contributed by atoms with Gasteiger partial charge < -0.3 is 4.74 Å². The number of benzene rings is 2. The highest BCUT2D eigenvalue weighted by Crippen LogP contribution is 2.26. The Balaban J connectivity index is 1.76. The number of para-hydroxylation sites is 1. The summed E-state index contributed by atoms with van der Waals surface area (Å²) in [7, 11) is -3.32. The summed E-state index contributed by atoms with van der Waals surface area (Å²) in [6.45, 7) is -0.631. The molecule has 4 amide bonds. The smallest absolute Gasteiger partial charge is 0.430 e. The monoisotopic (exact) mass is 542 g/mol. The van der Waals surface area contributed by atoms with Crippen molar-refractivity contribution in [2.75, 3.05) is 13.6 Å². The molecule has 1 heterocycles. The van der Waals surface area contributed by atoms with Gasteiger partial charge in [-0.2, -0.15) is 22.5 Å². The van der Waals surface area contributed by atoms with Crippen LogP contribution in [0.5, 0.6) is 11.5 Å². The van der Waals surface area contributed by atoms with Gasteiger partial charge in [0, 0.05) is 13.6 Å². The lowest BCUT2D eigenvalue weighted by Crippen LogP contribution is -2.50. The second kappa shape index (κ2) is 11.1. The molecule has 3 rings (SSSR count). The zero-order valence-corrected chi connectivity index (χ0v) is 20.0. The molecule has 11 nitrogen and oxygen atoms in total. The molecule has 1 aliphatic heterocycles. The molecular weight excluding hydrogens is 521 g/mol. The summed E-state index contributed by atoms with van der Waals surface area (Å²) in [5.41, 5.74) is -0.240. The Hall–Kier alpha value is -3.82. The van der Waals surface area contributed by atoms with Crippen LogP contribution in [0, 0.1) is 0 Å². The first-order chi connectivity index (χ1) is 17.3. The number of aliphatic imine (C=N–C) groups is 1. The lowest BCUT2D eigenvalue weighted by Gasteiger charge is -2.29. The number of rotatable bonds is 9. The maximum absolute atomic E-state index is 13.1. The number of urea groups is 1. The van der Waals surface area contributed by atoms with E-state index in [1.54, 1.807) is 30.3 Å². The van der Waals surface area contributed by atoms with Crippen LogP contribution in [0.4, 0.5) is 18.0 Å². The fraction of sp³-hybridized carbons (Fsp3) is 0.273. The summed E-state index contributed by atoms with van der Waals surface area (Å²) in [5.74, 6) is -1.55. The number of hydrogen-bond donors (Lipinski definition) is 2. The fourth-order valence-corrected chi connectivity index (χ4v) is 4.74. The van der Waals surface area contributed by atoms with Gasteiger partial charge >= 0.3 is 12.2 Å². The van der Waals surface area contributed by atoms with Crippen molar-refractivity contribution in [3.63, 3.8) is 0 Å². The molecule has 0 spiro atoms. The number of imide groups is 1. The number of hydrogen-bond acceptors (Lipinski definition) is 7. The normalized spacial score (nSPS) is 15.4. The Morgan fingerprint density at radius 2 is 1.73 bits per heavy atom. The highest BCUT2D eigenvalue weighted by Gasteiger charge is 2.43. The van der Waals surface area contributed by atoms with E-state index in [2.05, 4.69) is 4.99 Å². The summed E-state index contributed by atoms with van der Waals surface area (Å²) in [5, 5.41) is 9.10. The first kappa shape index (κ1) is 27.8. The van der Waals surface area contributed by atoms with Crippen LogP contribution >= 0.6 is 0 Å². The number of carbonyl (C=O) groups excluding carboxylic acids is 3. The molecule has 1 aliphatic rings. The molecule has 0 aromatic heterocycles. The zero-order valence-electron chi connectivity index (χ0n) is 19.2. The summed E-state index contributed by atoms with van der Waals surface area (Å²) in [6.07, 6.45) is -6.68. The molecule has 0 aliphatic carbocycles. The third kappa shape index (κ3) is 6.49. The van der Waals surface area contributed by atoms with Crippen LogP contribution in [-0.2, 0) is 19.6 Å². The molecule has 0 bridgehead atoms. The number of ether oxygens (including phenoxy) is 1. The van der Waals surface area contributed by atoms with Crippen LogP contribution in [0.15, 0.2) is 64.5 Å². The number of sulfonamides is 1. The molecule has 1 atom stereocenters. The van der Waals surface area contributed by atoms with Gasteiger partial charge in [-0.1, -0.05) is 18.2 Å². The van der Waals surface area contributed by atoms with Gasteiger partial charge in [-0.25, -0.2) is 18.7 Å². The second-order valence-electron chi connectivity index (χ2n) is 7.75. The van der Waals surface area contributed by atoms with Crippen LogP contribution in [-0.4, -0.2) is 72.2 Å². The summed E-state index contributed by atoms with van der Waals surface area (Å²) in [6, 6.07) is 10.8. The Bertz CT molecular complexity index is 1300. The lowest BCUT2D eigenvalue weighted by atomic mass is 10.1. The predicted octanol–water partition coefficient (Wildman–Crippen LogP) is 2.72. The molecule has 0 radical (unpaired) electrons. The minimum absolute atomic E-state index is 0.240. The number of carbonyl (C=O) groups is 3. The minimum Gasteiger partial charge on any atom is -0.457 e. The van der Waals surface area contributed by atoms with Crippen molar-refractivity contribution in [1.29, 1.82) is 0 Å². The number of nitrogens with zero attached hydrogens (tertiary/aromatic N) is 3. The van der Waals surface area contributed by atoms with Crippen LogP contribution in [0.2, 0.25) is 0 Å². The van der Waals surface area contributed by atoms with Gasteiger partial charge in [0.2, 0.25) is 15.9 Å². The molecule has 198 valence electrons. The third-order valence-corrected chi connectivity index (χ3v) is 7.25. The van der Waals surface area contributed by atoms with Gasteiger partial charge in [0.05, 0.1) is 11.3 Å². The van der Waals surface area contributed by atoms with Crippen molar-refractivity contribution >= 4 is 33.6 Å². The first-order valence-electron chi connectivity index (χ1n) is 10.6. The molecule has 0 saturated heterocycles. The zero-order chi connectivity index (χ0) is 27.4. The van der Waals surface area contributed by atoms with Gasteiger partial charge in [0.1, 0.15) is 23.3 Å². The van der Waals surface area contributed by atoms with Gasteiger partial charge in [-0.15, -0.1) is 0 Å². The van der Waals surface area contributed by atoms with Gasteiger partial charge in [-0.3, -0.25) is 19.7 Å². The van der Waals surface area contributed by atoms with E-state index in [0.717, 1.165) is 7.05 Å². The van der Waals surface area contributed by atoms with Crippen molar-refractivity contribution in [2.45, 2.75) is 30.0 Å². The van der Waals surface area contributed by atoms with Gasteiger partial charge in [-0.05, 0) is 42.8 Å². The quantitative estimate of drug-likeness (QED) is 0.366. The standard InChI is InChI=1S/C22H21F3N4O7S/c1-28(37(34,35)16-9-7-15(8-10-16)36-14-5-3-2-4-6-14)17(20(31)27-33)11-12-29-19(30)13-18(22(23,24)25)26-21(29)32/h2-10,17,33H,11-13H2,1H3,(H,27,31). The van der Waals surface area contributed by atoms with E-state index in [1.807, 2.05) is 0 Å². The topological polar surface area (TPSA) is 146 Å². The Kier molecular flexibility index (Phi) is 8.30. The lowest BCUT2D eigenvalue weighted by molar-refractivity contribution is -0.134. The molecule has 2 N–H and O–H groups in total. The van der Waals surface area contributed by atoms with Crippen LogP contribution in [0.3, 0.4) is 0 Å². The molecule has 2 aromatic rings. The fourth-order valence-electron chi connectivity index (χ4n) is 3.39. The van der Waals surface area contributed by atoms with Crippen molar-refractivity contribution in [3.05, 3.63) is 54.6 Å². The van der Waals surface area contributed by atoms with Crippen molar-refractivity contribution < 1.29 is 45.9 Å². The second-order valence-corrected chi connectivity index (χ2v) is 9.75. The van der Waals surface area contributed by atoms with E-state index in [9.17, 15) is 36.0 Å². The Morgan fingerprint density at radius 1 is 1.14 bits per heavy atom. The maximum Gasteiger partial charge on any atom is 0.430 e. The number of hydroxylamine groups is 1. The number of nitrogens with one attached hydrogen (secondary N) is 1. The van der Waals surface area contributed by atoms with Crippen LogP contribution in [0.25, 0.3) is 0 Å². The average Bonchev–Trinajstić information content (AvgIpc) is 2.85. The predicted molar refractivity (Wildman–Crippen MR) is 121 cm³/mol. The molecular formula is C22H21F3N4O7S. The number of likely N-dealkylation sites (N-methyl/N-ethyl adjacent to an activating group) is 1. The Labute approximate surface area is 209 Å². The SMILES string of the molecule is CN(C(CCN1C(=O)CC(C(F)(F)F)=NC1=O)C(=O)NO)S(=O)(=O)c1ccc(Oc2ccccc2)cc1. The summed E-state index contributed by atoms with van der Waals surface area (Å²) < 4.78 is 70.9. The maximum atomic E-state index is 13.1. The van der Waals surface area contributed by atoms with Gasteiger partial charge in [0.15, 0.2) is 0 Å². The van der Waals surface area contributed by atoms with Gasteiger partial charge in [0.25, 0.3) is 5.91 Å².